The van der Waals surface area contributed by atoms with Crippen molar-refractivity contribution < 1.29 is 22.6 Å². The van der Waals surface area contributed by atoms with Gasteiger partial charge in [-0.15, -0.1) is 12.4 Å². The van der Waals surface area contributed by atoms with E-state index in [0.717, 1.165) is 5.56 Å². The molecule has 0 spiro atoms. The molecular formula is C26H29ClN6O5S. The van der Waals surface area contributed by atoms with E-state index >= 15 is 0 Å². The van der Waals surface area contributed by atoms with E-state index in [1.54, 1.807) is 48.7 Å². The number of nitrogens with two attached hydrogens (primary N) is 1. The van der Waals surface area contributed by atoms with Crippen molar-refractivity contribution in [2.75, 3.05) is 18.9 Å². The van der Waals surface area contributed by atoms with Crippen LogP contribution in [0.15, 0.2) is 66.0 Å². The minimum atomic E-state index is -4.17. The van der Waals surface area contributed by atoms with Gasteiger partial charge in [-0.05, 0) is 41.8 Å². The van der Waals surface area contributed by atoms with Crippen LogP contribution >= 0.6 is 12.4 Å². The van der Waals surface area contributed by atoms with E-state index in [1.165, 1.54) is 26.5 Å². The third-order valence-corrected chi connectivity index (χ3v) is 6.78. The topological polar surface area (TPSA) is 151 Å². The lowest BCUT2D eigenvalue weighted by atomic mass is 10.1. The molecule has 1 aromatic carbocycles. The predicted octanol–water partition coefficient (Wildman–Crippen LogP) is 4.55. The summed E-state index contributed by atoms with van der Waals surface area (Å²) in [5, 5.41) is -0.182. The summed E-state index contributed by atoms with van der Waals surface area (Å²) >= 11 is 0. The molecule has 3 aromatic heterocycles. The standard InChI is InChI=1S/C26H28N6O5S.ClH/c1-16(2)18-9-10-22(29-15-18)38(33,34)32-25-23(37-21-8-6-5-7-20(21)35-3)26(36-4)31-24(30-25)17-11-12-28-19(13-17)14-27;/h5-13,15-16H,14,27H2,1-4H3,(H,30,31,32);1H. The average Bonchev–Trinajstić information content (AvgIpc) is 2.94. The van der Waals surface area contributed by atoms with Crippen molar-refractivity contribution >= 4 is 28.2 Å². The number of rotatable bonds is 10. The molecule has 11 nitrogen and oxygen atoms in total. The third kappa shape index (κ3) is 6.72. The number of anilines is 1. The highest BCUT2D eigenvalue weighted by atomic mass is 35.5. The molecular weight excluding hydrogens is 544 g/mol. The molecule has 4 aromatic rings. The normalized spacial score (nSPS) is 11.0. The van der Waals surface area contributed by atoms with Gasteiger partial charge in [0, 0.05) is 24.5 Å². The Morgan fingerprint density at radius 3 is 2.33 bits per heavy atom. The summed E-state index contributed by atoms with van der Waals surface area (Å²) < 4.78 is 46.2. The maximum Gasteiger partial charge on any atom is 0.280 e. The van der Waals surface area contributed by atoms with Crippen LogP contribution in [0.4, 0.5) is 5.82 Å². The SMILES string of the molecule is COc1ccccc1Oc1c(NS(=O)(=O)c2ccc(C(C)C)cn2)nc(-c2ccnc(CN)c2)nc1OC.Cl. The second-order valence-corrected chi connectivity index (χ2v) is 10.0. The lowest BCUT2D eigenvalue weighted by Gasteiger charge is -2.17. The highest BCUT2D eigenvalue weighted by Crippen LogP contribution is 2.41. The van der Waals surface area contributed by atoms with Gasteiger partial charge in [-0.1, -0.05) is 32.0 Å². The molecule has 0 aliphatic heterocycles. The Kier molecular flexibility index (Phi) is 9.62. The predicted molar refractivity (Wildman–Crippen MR) is 149 cm³/mol. The largest absolute Gasteiger partial charge is 0.493 e. The number of nitrogens with one attached hydrogen (secondary N) is 1. The van der Waals surface area contributed by atoms with Gasteiger partial charge in [-0.3, -0.25) is 9.71 Å². The first-order valence-electron chi connectivity index (χ1n) is 11.7. The van der Waals surface area contributed by atoms with Crippen LogP contribution in [0.3, 0.4) is 0 Å². The first-order chi connectivity index (χ1) is 18.2. The Labute approximate surface area is 233 Å². The number of sulfonamides is 1. The van der Waals surface area contributed by atoms with Gasteiger partial charge in [0.2, 0.25) is 5.75 Å². The molecule has 0 fully saturated rings. The molecule has 13 heteroatoms. The van der Waals surface area contributed by atoms with E-state index in [2.05, 4.69) is 24.7 Å². The number of methoxy groups -OCH3 is 2. The van der Waals surface area contributed by atoms with Gasteiger partial charge in [0.1, 0.15) is 0 Å². The van der Waals surface area contributed by atoms with Crippen molar-refractivity contribution in [2.45, 2.75) is 31.3 Å². The highest BCUT2D eigenvalue weighted by molar-refractivity contribution is 7.92. The Balaban J connectivity index is 0.00000420. The quantitative estimate of drug-likeness (QED) is 0.277. The summed E-state index contributed by atoms with van der Waals surface area (Å²) in [6, 6.07) is 13.4. The lowest BCUT2D eigenvalue weighted by molar-refractivity contribution is 0.348. The van der Waals surface area contributed by atoms with E-state index in [0.29, 0.717) is 22.8 Å². The fourth-order valence-corrected chi connectivity index (χ4v) is 4.41. The highest BCUT2D eigenvalue weighted by Gasteiger charge is 2.26. The van der Waals surface area contributed by atoms with Crippen LogP contribution < -0.4 is 24.7 Å². The fourth-order valence-electron chi connectivity index (χ4n) is 3.47. The van der Waals surface area contributed by atoms with E-state index in [1.807, 2.05) is 13.8 Å². The van der Waals surface area contributed by atoms with Gasteiger partial charge in [-0.25, -0.2) is 9.97 Å². The van der Waals surface area contributed by atoms with Crippen LogP contribution in [0.5, 0.6) is 23.1 Å². The number of aromatic nitrogens is 4. The molecule has 0 aliphatic rings. The fraction of sp³-hybridized carbons (Fsp3) is 0.231. The van der Waals surface area contributed by atoms with Crippen molar-refractivity contribution in [1.82, 2.24) is 19.9 Å². The first-order valence-corrected chi connectivity index (χ1v) is 13.1. The number of para-hydroxylation sites is 2. The number of nitrogens with zero attached hydrogens (tertiary/aromatic N) is 4. The molecule has 0 saturated heterocycles. The number of benzene rings is 1. The Hall–Kier alpha value is -4.00. The van der Waals surface area contributed by atoms with Crippen molar-refractivity contribution in [3.8, 4) is 34.5 Å². The number of hydrogen-bond donors (Lipinski definition) is 2. The van der Waals surface area contributed by atoms with Crippen LogP contribution in [0, 0.1) is 0 Å². The molecule has 3 heterocycles. The van der Waals surface area contributed by atoms with Crippen LogP contribution in [0.2, 0.25) is 0 Å². The molecule has 0 bridgehead atoms. The van der Waals surface area contributed by atoms with Crippen molar-refractivity contribution in [2.24, 2.45) is 5.73 Å². The Bertz CT molecular complexity index is 1530. The van der Waals surface area contributed by atoms with Crippen molar-refractivity contribution in [1.29, 1.82) is 0 Å². The van der Waals surface area contributed by atoms with Gasteiger partial charge >= 0.3 is 0 Å². The molecule has 0 atom stereocenters. The first kappa shape index (κ1) is 29.6. The summed E-state index contributed by atoms with van der Waals surface area (Å²) in [5.41, 5.74) is 7.81. The van der Waals surface area contributed by atoms with Crippen LogP contribution in [0.1, 0.15) is 31.0 Å². The smallest absolute Gasteiger partial charge is 0.280 e. The zero-order valence-corrected chi connectivity index (χ0v) is 23.4. The molecule has 0 amide bonds. The van der Waals surface area contributed by atoms with Gasteiger partial charge in [0.25, 0.3) is 15.9 Å². The zero-order chi connectivity index (χ0) is 27.3. The summed E-state index contributed by atoms with van der Waals surface area (Å²) in [5.74, 6) is 0.870. The summed E-state index contributed by atoms with van der Waals surface area (Å²) in [4.78, 5) is 17.3. The number of halogens is 1. The molecule has 0 radical (unpaired) electrons. The third-order valence-electron chi connectivity index (χ3n) is 5.53. The molecule has 0 saturated carbocycles. The summed E-state index contributed by atoms with van der Waals surface area (Å²) in [6.07, 6.45) is 3.10. The van der Waals surface area contributed by atoms with Crippen LogP contribution in [0.25, 0.3) is 11.4 Å². The van der Waals surface area contributed by atoms with Crippen LogP contribution in [-0.4, -0.2) is 42.6 Å². The van der Waals surface area contributed by atoms with E-state index < -0.39 is 10.0 Å². The van der Waals surface area contributed by atoms with Crippen molar-refractivity contribution in [3.05, 3.63) is 72.2 Å². The minimum absolute atomic E-state index is 0. The summed E-state index contributed by atoms with van der Waals surface area (Å²) in [7, 11) is -1.29. The van der Waals surface area contributed by atoms with Gasteiger partial charge in [0.05, 0.1) is 19.9 Å². The molecule has 39 heavy (non-hydrogen) atoms. The van der Waals surface area contributed by atoms with Gasteiger partial charge < -0.3 is 19.9 Å². The lowest BCUT2D eigenvalue weighted by Crippen LogP contribution is -2.17. The maximum atomic E-state index is 13.4. The maximum absolute atomic E-state index is 13.4. The van der Waals surface area contributed by atoms with E-state index in [4.69, 9.17) is 19.9 Å². The molecule has 3 N–H and O–H groups in total. The van der Waals surface area contributed by atoms with E-state index in [9.17, 15) is 8.42 Å². The number of hydrogen-bond acceptors (Lipinski definition) is 10. The Morgan fingerprint density at radius 1 is 0.974 bits per heavy atom. The average molecular weight is 573 g/mol. The summed E-state index contributed by atoms with van der Waals surface area (Å²) in [6.45, 7) is 4.20. The zero-order valence-electron chi connectivity index (χ0n) is 21.8. The van der Waals surface area contributed by atoms with Crippen LogP contribution in [-0.2, 0) is 16.6 Å². The monoisotopic (exact) mass is 572 g/mol. The van der Waals surface area contributed by atoms with E-state index in [-0.39, 0.29) is 53.2 Å². The second kappa shape index (κ2) is 12.7. The van der Waals surface area contributed by atoms with Crippen molar-refractivity contribution in [3.63, 3.8) is 0 Å². The Morgan fingerprint density at radius 2 is 1.72 bits per heavy atom. The molecule has 206 valence electrons. The second-order valence-electron chi connectivity index (χ2n) is 8.42. The number of ether oxygens (including phenoxy) is 3. The molecule has 4 rings (SSSR count). The van der Waals surface area contributed by atoms with Gasteiger partial charge in [0.15, 0.2) is 28.2 Å². The number of pyridine rings is 2. The minimum Gasteiger partial charge on any atom is -0.493 e. The van der Waals surface area contributed by atoms with Gasteiger partial charge in [-0.2, -0.15) is 13.4 Å². The molecule has 0 aliphatic carbocycles. The molecule has 0 unspecified atom stereocenters.